The van der Waals surface area contributed by atoms with Gasteiger partial charge in [-0.05, 0) is 39.2 Å². The zero-order valence-electron chi connectivity index (χ0n) is 11.2. The van der Waals surface area contributed by atoms with E-state index < -0.39 is 0 Å². The highest BCUT2D eigenvalue weighted by Crippen LogP contribution is 2.24. The number of pyridine rings is 1. The number of methoxy groups -OCH3 is 1. The maximum atomic E-state index is 12.5. The molecule has 98 valence electrons. The quantitative estimate of drug-likeness (QED) is 0.807. The van der Waals surface area contributed by atoms with Crippen LogP contribution in [0.5, 0.6) is 5.88 Å². The van der Waals surface area contributed by atoms with Crippen LogP contribution >= 0.6 is 0 Å². The SMILES string of the molecule is COc1cccc(C(=O)N2C(C)CCCC2C)n1. The first-order valence-electron chi connectivity index (χ1n) is 6.47. The minimum absolute atomic E-state index is 0.00796. The van der Waals surface area contributed by atoms with Crippen LogP contribution in [0.1, 0.15) is 43.6 Å². The molecule has 0 saturated carbocycles. The van der Waals surface area contributed by atoms with Gasteiger partial charge in [0, 0.05) is 18.2 Å². The molecule has 4 nitrogen and oxygen atoms in total. The van der Waals surface area contributed by atoms with Crippen LogP contribution in [0, 0.1) is 0 Å². The van der Waals surface area contributed by atoms with Crippen molar-refractivity contribution in [1.82, 2.24) is 9.88 Å². The monoisotopic (exact) mass is 248 g/mol. The average molecular weight is 248 g/mol. The molecule has 0 aliphatic carbocycles. The predicted molar refractivity (Wildman–Crippen MR) is 69.7 cm³/mol. The standard InChI is InChI=1S/C14H20N2O2/c1-10-6-4-7-11(2)16(10)14(17)12-8-5-9-13(15-12)18-3/h5,8-11H,4,6-7H2,1-3H3. The second-order valence-corrected chi connectivity index (χ2v) is 4.91. The molecule has 1 saturated heterocycles. The summed E-state index contributed by atoms with van der Waals surface area (Å²) in [6.45, 7) is 4.21. The fraction of sp³-hybridized carbons (Fsp3) is 0.571. The first kappa shape index (κ1) is 12.9. The average Bonchev–Trinajstić information content (AvgIpc) is 2.38. The van der Waals surface area contributed by atoms with Gasteiger partial charge in [0.05, 0.1) is 7.11 Å². The summed E-state index contributed by atoms with van der Waals surface area (Å²) in [4.78, 5) is 18.7. The third-order valence-electron chi connectivity index (χ3n) is 3.58. The Labute approximate surface area is 108 Å². The van der Waals surface area contributed by atoms with E-state index in [4.69, 9.17) is 4.74 Å². The highest BCUT2D eigenvalue weighted by Gasteiger charge is 2.30. The number of hydrogen-bond donors (Lipinski definition) is 0. The topological polar surface area (TPSA) is 42.4 Å². The Morgan fingerprint density at radius 2 is 2.00 bits per heavy atom. The Bertz CT molecular complexity index is 424. The molecule has 1 amide bonds. The van der Waals surface area contributed by atoms with Crippen LogP contribution in [0.3, 0.4) is 0 Å². The predicted octanol–water partition coefficient (Wildman–Crippen LogP) is 2.49. The normalized spacial score (nSPS) is 23.8. The smallest absolute Gasteiger partial charge is 0.273 e. The molecule has 0 aromatic carbocycles. The molecule has 0 spiro atoms. The molecule has 0 bridgehead atoms. The summed E-state index contributed by atoms with van der Waals surface area (Å²) < 4.78 is 5.06. The lowest BCUT2D eigenvalue weighted by molar-refractivity contribution is 0.0504. The molecule has 2 unspecified atom stereocenters. The molecule has 2 heterocycles. The summed E-state index contributed by atoms with van der Waals surface area (Å²) in [5.41, 5.74) is 0.468. The number of amides is 1. The van der Waals surface area contributed by atoms with E-state index in [0.717, 1.165) is 12.8 Å². The van der Waals surface area contributed by atoms with Crippen molar-refractivity contribution in [2.45, 2.75) is 45.2 Å². The molecule has 1 aromatic heterocycles. The van der Waals surface area contributed by atoms with E-state index in [1.54, 1.807) is 25.3 Å². The fourth-order valence-corrected chi connectivity index (χ4v) is 2.60. The summed E-state index contributed by atoms with van der Waals surface area (Å²) >= 11 is 0. The van der Waals surface area contributed by atoms with Gasteiger partial charge < -0.3 is 9.64 Å². The second-order valence-electron chi connectivity index (χ2n) is 4.91. The number of likely N-dealkylation sites (tertiary alicyclic amines) is 1. The number of nitrogens with zero attached hydrogens (tertiary/aromatic N) is 2. The second kappa shape index (κ2) is 5.38. The zero-order valence-corrected chi connectivity index (χ0v) is 11.2. The number of aromatic nitrogens is 1. The van der Waals surface area contributed by atoms with Gasteiger partial charge in [-0.2, -0.15) is 0 Å². The van der Waals surface area contributed by atoms with Crippen LogP contribution in [-0.4, -0.2) is 35.0 Å². The van der Waals surface area contributed by atoms with Gasteiger partial charge in [-0.1, -0.05) is 6.07 Å². The molecule has 1 aliphatic rings. The van der Waals surface area contributed by atoms with Crippen molar-refractivity contribution in [1.29, 1.82) is 0 Å². The highest BCUT2D eigenvalue weighted by atomic mass is 16.5. The third-order valence-corrected chi connectivity index (χ3v) is 3.58. The van der Waals surface area contributed by atoms with Gasteiger partial charge in [0.1, 0.15) is 5.69 Å². The van der Waals surface area contributed by atoms with E-state index in [2.05, 4.69) is 18.8 Å². The van der Waals surface area contributed by atoms with E-state index in [1.807, 2.05) is 4.90 Å². The molecule has 18 heavy (non-hydrogen) atoms. The van der Waals surface area contributed by atoms with Gasteiger partial charge in [-0.15, -0.1) is 0 Å². The molecule has 1 fully saturated rings. The van der Waals surface area contributed by atoms with Crippen molar-refractivity contribution in [3.63, 3.8) is 0 Å². The molecular weight excluding hydrogens is 228 g/mol. The fourth-order valence-electron chi connectivity index (χ4n) is 2.60. The van der Waals surface area contributed by atoms with E-state index in [-0.39, 0.29) is 18.0 Å². The van der Waals surface area contributed by atoms with Gasteiger partial charge >= 0.3 is 0 Å². The van der Waals surface area contributed by atoms with Gasteiger partial charge in [-0.25, -0.2) is 4.98 Å². The Morgan fingerprint density at radius 3 is 2.61 bits per heavy atom. The number of rotatable bonds is 2. The lowest BCUT2D eigenvalue weighted by atomic mass is 9.97. The molecular formula is C14H20N2O2. The molecule has 1 aromatic rings. The molecule has 0 N–H and O–H groups in total. The Morgan fingerprint density at radius 1 is 1.33 bits per heavy atom. The van der Waals surface area contributed by atoms with Crippen LogP contribution in [0.4, 0.5) is 0 Å². The maximum absolute atomic E-state index is 12.5. The van der Waals surface area contributed by atoms with Crippen LogP contribution in [0.15, 0.2) is 18.2 Å². The van der Waals surface area contributed by atoms with Crippen molar-refractivity contribution in [3.8, 4) is 5.88 Å². The number of carbonyl (C=O) groups excluding carboxylic acids is 1. The van der Waals surface area contributed by atoms with Gasteiger partial charge in [0.2, 0.25) is 5.88 Å². The van der Waals surface area contributed by atoms with Crippen LogP contribution in [0.25, 0.3) is 0 Å². The summed E-state index contributed by atoms with van der Waals surface area (Å²) in [5.74, 6) is 0.492. The molecule has 2 rings (SSSR count). The summed E-state index contributed by atoms with van der Waals surface area (Å²) in [5, 5.41) is 0. The zero-order chi connectivity index (χ0) is 13.1. The van der Waals surface area contributed by atoms with Crippen molar-refractivity contribution in [2.24, 2.45) is 0 Å². The van der Waals surface area contributed by atoms with Crippen molar-refractivity contribution in [3.05, 3.63) is 23.9 Å². The highest BCUT2D eigenvalue weighted by molar-refractivity contribution is 5.92. The minimum atomic E-state index is 0.00796. The van der Waals surface area contributed by atoms with Gasteiger partial charge in [0.25, 0.3) is 5.91 Å². The van der Waals surface area contributed by atoms with E-state index in [1.165, 1.54) is 6.42 Å². The number of carbonyl (C=O) groups is 1. The minimum Gasteiger partial charge on any atom is -0.481 e. The van der Waals surface area contributed by atoms with Gasteiger partial charge in [-0.3, -0.25) is 4.79 Å². The van der Waals surface area contributed by atoms with Crippen LogP contribution in [0.2, 0.25) is 0 Å². The lowest BCUT2D eigenvalue weighted by Gasteiger charge is -2.38. The number of ether oxygens (including phenoxy) is 1. The molecule has 0 radical (unpaired) electrons. The van der Waals surface area contributed by atoms with E-state index >= 15 is 0 Å². The molecule has 1 aliphatic heterocycles. The summed E-state index contributed by atoms with van der Waals surface area (Å²) in [6.07, 6.45) is 3.33. The number of piperidine rings is 1. The summed E-state index contributed by atoms with van der Waals surface area (Å²) in [6, 6.07) is 5.88. The first-order valence-corrected chi connectivity index (χ1v) is 6.47. The Hall–Kier alpha value is -1.58. The van der Waals surface area contributed by atoms with Crippen LogP contribution < -0.4 is 4.74 Å². The molecule has 2 atom stereocenters. The largest absolute Gasteiger partial charge is 0.481 e. The lowest BCUT2D eigenvalue weighted by Crippen LogP contribution is -2.47. The van der Waals surface area contributed by atoms with E-state index in [9.17, 15) is 4.79 Å². The third kappa shape index (κ3) is 2.47. The Kier molecular flexibility index (Phi) is 3.84. The van der Waals surface area contributed by atoms with E-state index in [0.29, 0.717) is 11.6 Å². The Balaban J connectivity index is 2.23. The first-order chi connectivity index (χ1) is 8.63. The van der Waals surface area contributed by atoms with Crippen molar-refractivity contribution in [2.75, 3.05) is 7.11 Å². The van der Waals surface area contributed by atoms with Crippen LogP contribution in [-0.2, 0) is 0 Å². The molecule has 4 heteroatoms. The maximum Gasteiger partial charge on any atom is 0.273 e. The van der Waals surface area contributed by atoms with Crippen molar-refractivity contribution < 1.29 is 9.53 Å². The van der Waals surface area contributed by atoms with Gasteiger partial charge in [0.15, 0.2) is 0 Å². The van der Waals surface area contributed by atoms with Crippen molar-refractivity contribution >= 4 is 5.91 Å². The number of hydrogen-bond acceptors (Lipinski definition) is 3. The summed E-state index contributed by atoms with van der Waals surface area (Å²) in [7, 11) is 1.56.